The SMILES string of the molecule is CCNC(Cc1ccccc1Cl)c1ncccc1Cl. The number of nitrogens with zero attached hydrogens (tertiary/aromatic N) is 1. The van der Waals surface area contributed by atoms with E-state index >= 15 is 0 Å². The molecule has 0 amide bonds. The van der Waals surface area contributed by atoms with Crippen LogP contribution in [0.4, 0.5) is 0 Å². The zero-order valence-corrected chi connectivity index (χ0v) is 12.2. The molecule has 4 heteroatoms. The summed E-state index contributed by atoms with van der Waals surface area (Å²) in [6.45, 7) is 2.92. The largest absolute Gasteiger partial charge is 0.309 e. The highest BCUT2D eigenvalue weighted by Gasteiger charge is 2.16. The Morgan fingerprint density at radius 1 is 1.11 bits per heavy atom. The topological polar surface area (TPSA) is 24.9 Å². The van der Waals surface area contributed by atoms with Crippen LogP contribution in [-0.2, 0) is 6.42 Å². The standard InChI is InChI=1S/C15H16Cl2N2/c1-2-18-14(15-13(17)8-5-9-19-15)10-11-6-3-4-7-12(11)16/h3-9,14,18H,2,10H2,1H3. The molecular weight excluding hydrogens is 279 g/mol. The Bertz CT molecular complexity index is 543. The fourth-order valence-corrected chi connectivity index (χ4v) is 2.52. The Morgan fingerprint density at radius 2 is 1.84 bits per heavy atom. The van der Waals surface area contributed by atoms with Gasteiger partial charge in [0.2, 0.25) is 0 Å². The number of aromatic nitrogens is 1. The van der Waals surface area contributed by atoms with Gasteiger partial charge in [-0.25, -0.2) is 0 Å². The minimum atomic E-state index is 0.0681. The van der Waals surface area contributed by atoms with Gasteiger partial charge in [-0.05, 0) is 36.7 Å². The van der Waals surface area contributed by atoms with Crippen LogP contribution in [0.2, 0.25) is 10.0 Å². The number of nitrogens with one attached hydrogen (secondary N) is 1. The normalized spacial score (nSPS) is 12.4. The van der Waals surface area contributed by atoms with Gasteiger partial charge in [0.1, 0.15) is 0 Å². The number of halogens is 2. The maximum atomic E-state index is 6.23. The van der Waals surface area contributed by atoms with Crippen LogP contribution in [0, 0.1) is 0 Å². The fourth-order valence-electron chi connectivity index (χ4n) is 2.05. The predicted octanol–water partition coefficient (Wildman–Crippen LogP) is 4.28. The van der Waals surface area contributed by atoms with Crippen LogP contribution in [-0.4, -0.2) is 11.5 Å². The zero-order chi connectivity index (χ0) is 13.7. The van der Waals surface area contributed by atoms with Crippen molar-refractivity contribution in [3.8, 4) is 0 Å². The van der Waals surface area contributed by atoms with Crippen LogP contribution in [0.3, 0.4) is 0 Å². The van der Waals surface area contributed by atoms with Gasteiger partial charge in [0.05, 0.1) is 16.8 Å². The maximum Gasteiger partial charge on any atom is 0.0762 e. The third-order valence-electron chi connectivity index (χ3n) is 2.95. The quantitative estimate of drug-likeness (QED) is 0.890. The second kappa shape index (κ2) is 6.90. The average molecular weight is 295 g/mol. The fraction of sp³-hybridized carbons (Fsp3) is 0.267. The average Bonchev–Trinajstić information content (AvgIpc) is 2.41. The monoisotopic (exact) mass is 294 g/mol. The first-order chi connectivity index (χ1) is 9.22. The van der Waals surface area contributed by atoms with Crippen molar-refractivity contribution >= 4 is 23.2 Å². The molecule has 2 rings (SSSR count). The van der Waals surface area contributed by atoms with Gasteiger partial charge in [-0.1, -0.05) is 48.3 Å². The number of likely N-dealkylation sites (N-methyl/N-ethyl adjacent to an activating group) is 1. The van der Waals surface area contributed by atoms with Gasteiger partial charge in [-0.3, -0.25) is 4.98 Å². The van der Waals surface area contributed by atoms with Crippen LogP contribution in [0.25, 0.3) is 0 Å². The Balaban J connectivity index is 2.27. The van der Waals surface area contributed by atoms with E-state index in [1.807, 2.05) is 36.4 Å². The Labute approximate surface area is 123 Å². The maximum absolute atomic E-state index is 6.23. The van der Waals surface area contributed by atoms with E-state index < -0.39 is 0 Å². The van der Waals surface area contributed by atoms with Crippen molar-refractivity contribution in [2.45, 2.75) is 19.4 Å². The van der Waals surface area contributed by atoms with Crippen molar-refractivity contribution < 1.29 is 0 Å². The molecule has 100 valence electrons. The predicted molar refractivity (Wildman–Crippen MR) is 80.8 cm³/mol. The molecule has 0 spiro atoms. The van der Waals surface area contributed by atoms with Gasteiger partial charge < -0.3 is 5.32 Å². The van der Waals surface area contributed by atoms with Crippen molar-refractivity contribution in [3.63, 3.8) is 0 Å². The minimum absolute atomic E-state index is 0.0681. The van der Waals surface area contributed by atoms with Gasteiger partial charge in [0.15, 0.2) is 0 Å². The molecule has 1 atom stereocenters. The van der Waals surface area contributed by atoms with E-state index in [-0.39, 0.29) is 6.04 Å². The Hall–Kier alpha value is -1.09. The third-order valence-corrected chi connectivity index (χ3v) is 3.64. The third kappa shape index (κ3) is 3.69. The van der Waals surface area contributed by atoms with Crippen molar-refractivity contribution in [1.29, 1.82) is 0 Å². The molecule has 0 aliphatic rings. The molecule has 0 aliphatic carbocycles. The molecule has 1 N–H and O–H groups in total. The summed E-state index contributed by atoms with van der Waals surface area (Å²) in [5, 5.41) is 4.87. The molecule has 0 saturated heterocycles. The van der Waals surface area contributed by atoms with E-state index in [1.54, 1.807) is 6.20 Å². The Kier molecular flexibility index (Phi) is 5.20. The molecule has 1 unspecified atom stereocenters. The lowest BCUT2D eigenvalue weighted by molar-refractivity contribution is 0.537. The lowest BCUT2D eigenvalue weighted by atomic mass is 10.0. The highest BCUT2D eigenvalue weighted by molar-refractivity contribution is 6.31. The summed E-state index contributed by atoms with van der Waals surface area (Å²) in [6, 6.07) is 11.6. The molecule has 0 aliphatic heterocycles. The van der Waals surface area contributed by atoms with Crippen molar-refractivity contribution in [1.82, 2.24) is 10.3 Å². The van der Waals surface area contributed by atoms with Crippen molar-refractivity contribution in [3.05, 3.63) is 63.9 Å². The van der Waals surface area contributed by atoms with Crippen LogP contribution in [0.1, 0.15) is 24.2 Å². The molecular formula is C15H16Cl2N2. The second-order valence-corrected chi connectivity index (χ2v) is 5.09. The molecule has 0 radical (unpaired) electrons. The first-order valence-corrected chi connectivity index (χ1v) is 7.05. The summed E-state index contributed by atoms with van der Waals surface area (Å²) in [7, 11) is 0. The molecule has 0 fully saturated rings. The van der Waals surface area contributed by atoms with E-state index in [1.165, 1.54) is 0 Å². The van der Waals surface area contributed by atoms with Gasteiger partial charge in [-0.2, -0.15) is 0 Å². The molecule has 2 aromatic rings. The molecule has 1 heterocycles. The number of benzene rings is 1. The first-order valence-electron chi connectivity index (χ1n) is 6.29. The van der Waals surface area contributed by atoms with Crippen molar-refractivity contribution in [2.75, 3.05) is 6.54 Å². The van der Waals surface area contributed by atoms with Gasteiger partial charge in [0.25, 0.3) is 0 Å². The summed E-state index contributed by atoms with van der Waals surface area (Å²) in [6.07, 6.45) is 2.53. The number of hydrogen-bond acceptors (Lipinski definition) is 2. The molecule has 2 nitrogen and oxygen atoms in total. The van der Waals surface area contributed by atoms with Crippen molar-refractivity contribution in [2.24, 2.45) is 0 Å². The Morgan fingerprint density at radius 3 is 2.53 bits per heavy atom. The molecule has 0 bridgehead atoms. The summed E-state index contributed by atoms with van der Waals surface area (Å²) in [5.74, 6) is 0. The zero-order valence-electron chi connectivity index (χ0n) is 10.7. The van der Waals surface area contributed by atoms with Crippen LogP contribution < -0.4 is 5.32 Å². The smallest absolute Gasteiger partial charge is 0.0762 e. The van der Waals surface area contributed by atoms with Crippen LogP contribution in [0.5, 0.6) is 0 Å². The van der Waals surface area contributed by atoms with Gasteiger partial charge >= 0.3 is 0 Å². The van der Waals surface area contributed by atoms with E-state index in [0.29, 0.717) is 5.02 Å². The number of hydrogen-bond donors (Lipinski definition) is 1. The van der Waals surface area contributed by atoms with Crippen LogP contribution in [0.15, 0.2) is 42.6 Å². The van der Waals surface area contributed by atoms with Crippen LogP contribution >= 0.6 is 23.2 Å². The van der Waals surface area contributed by atoms with Gasteiger partial charge in [-0.15, -0.1) is 0 Å². The van der Waals surface area contributed by atoms with E-state index in [0.717, 1.165) is 29.2 Å². The molecule has 19 heavy (non-hydrogen) atoms. The summed E-state index contributed by atoms with van der Waals surface area (Å²) >= 11 is 12.4. The second-order valence-electron chi connectivity index (χ2n) is 4.28. The number of rotatable bonds is 5. The summed E-state index contributed by atoms with van der Waals surface area (Å²) in [4.78, 5) is 4.39. The summed E-state index contributed by atoms with van der Waals surface area (Å²) < 4.78 is 0. The highest BCUT2D eigenvalue weighted by Crippen LogP contribution is 2.26. The number of pyridine rings is 1. The first kappa shape index (κ1) is 14.3. The van der Waals surface area contributed by atoms with E-state index in [4.69, 9.17) is 23.2 Å². The highest BCUT2D eigenvalue weighted by atomic mass is 35.5. The molecule has 1 aromatic heterocycles. The lowest BCUT2D eigenvalue weighted by Gasteiger charge is -2.19. The van der Waals surface area contributed by atoms with E-state index in [2.05, 4.69) is 17.2 Å². The minimum Gasteiger partial charge on any atom is -0.309 e. The lowest BCUT2D eigenvalue weighted by Crippen LogP contribution is -2.24. The molecule has 1 aromatic carbocycles. The van der Waals surface area contributed by atoms with Gasteiger partial charge in [0, 0.05) is 11.2 Å². The molecule has 0 saturated carbocycles. The van der Waals surface area contributed by atoms with E-state index in [9.17, 15) is 0 Å². The summed E-state index contributed by atoms with van der Waals surface area (Å²) in [5.41, 5.74) is 1.96.